The smallest absolute Gasteiger partial charge is 0.282 e. The van der Waals surface area contributed by atoms with Crippen molar-refractivity contribution in [3.63, 3.8) is 0 Å². The van der Waals surface area contributed by atoms with E-state index in [1.54, 1.807) is 0 Å². The van der Waals surface area contributed by atoms with Crippen LogP contribution in [-0.2, 0) is 4.74 Å². The van der Waals surface area contributed by atoms with Crippen LogP contribution in [0.5, 0.6) is 0 Å². The average molecular weight is 282 g/mol. The van der Waals surface area contributed by atoms with Gasteiger partial charge in [0.25, 0.3) is 11.6 Å². The van der Waals surface area contributed by atoms with E-state index in [0.717, 1.165) is 18.2 Å². The molecular formula is C13H15FN2O4. The largest absolute Gasteiger partial charge is 0.377 e. The number of carbonyl (C=O) groups excluding carboxylic acids is 1. The second-order valence-corrected chi connectivity index (χ2v) is 4.55. The van der Waals surface area contributed by atoms with Crippen LogP contribution in [0.25, 0.3) is 0 Å². The zero-order chi connectivity index (χ0) is 14.7. The summed E-state index contributed by atoms with van der Waals surface area (Å²) in [5.41, 5.74) is -0.590. The maximum Gasteiger partial charge on any atom is 0.282 e. The molecule has 1 unspecified atom stereocenters. The summed E-state index contributed by atoms with van der Waals surface area (Å²) in [5.74, 6) is -1.19. The van der Waals surface area contributed by atoms with Gasteiger partial charge in [0.2, 0.25) is 0 Å². The average Bonchev–Trinajstić information content (AvgIpc) is 2.46. The van der Waals surface area contributed by atoms with Gasteiger partial charge in [0.05, 0.1) is 24.2 Å². The van der Waals surface area contributed by atoms with Gasteiger partial charge in [-0.05, 0) is 18.6 Å². The third-order valence-corrected chi connectivity index (χ3v) is 3.35. The molecule has 0 N–H and O–H groups in total. The first-order valence-corrected chi connectivity index (χ1v) is 6.37. The van der Waals surface area contributed by atoms with E-state index in [1.807, 2.05) is 6.92 Å². The fraction of sp³-hybridized carbons (Fsp3) is 0.462. The van der Waals surface area contributed by atoms with Crippen LogP contribution in [0.2, 0.25) is 0 Å². The van der Waals surface area contributed by atoms with E-state index in [0.29, 0.717) is 26.2 Å². The lowest BCUT2D eigenvalue weighted by Gasteiger charge is -2.35. The molecule has 1 heterocycles. The van der Waals surface area contributed by atoms with Gasteiger partial charge in [-0.1, -0.05) is 6.92 Å². The molecule has 1 saturated heterocycles. The first-order chi connectivity index (χ1) is 9.54. The number of amides is 1. The van der Waals surface area contributed by atoms with Crippen molar-refractivity contribution in [1.82, 2.24) is 4.90 Å². The Kier molecular flexibility index (Phi) is 4.29. The Hall–Kier alpha value is -2.02. The number of hydrogen-bond donors (Lipinski definition) is 0. The fourth-order valence-electron chi connectivity index (χ4n) is 2.25. The summed E-state index contributed by atoms with van der Waals surface area (Å²) >= 11 is 0. The Morgan fingerprint density at radius 2 is 2.35 bits per heavy atom. The molecule has 6 nitrogen and oxygen atoms in total. The monoisotopic (exact) mass is 282 g/mol. The molecule has 0 aliphatic carbocycles. The minimum atomic E-state index is -0.673. The molecule has 2 rings (SSSR count). The summed E-state index contributed by atoms with van der Waals surface area (Å²) in [6, 6.07) is 2.78. The molecule has 0 radical (unpaired) electrons. The van der Waals surface area contributed by atoms with Gasteiger partial charge in [0.15, 0.2) is 0 Å². The SMILES string of the molecule is CCC1COCCN1C(=O)c1cc(F)ccc1[N+](=O)[O-]. The number of benzene rings is 1. The lowest BCUT2D eigenvalue weighted by atomic mass is 10.1. The van der Waals surface area contributed by atoms with Crippen molar-refractivity contribution in [3.05, 3.63) is 39.7 Å². The maximum atomic E-state index is 13.3. The second-order valence-electron chi connectivity index (χ2n) is 4.55. The summed E-state index contributed by atoms with van der Waals surface area (Å²) in [5, 5.41) is 11.0. The second kappa shape index (κ2) is 5.96. The molecule has 1 aliphatic heterocycles. The van der Waals surface area contributed by atoms with Gasteiger partial charge in [-0.15, -0.1) is 0 Å². The molecule has 1 aromatic carbocycles. The molecular weight excluding hydrogens is 267 g/mol. The summed E-state index contributed by atoms with van der Waals surface area (Å²) < 4.78 is 18.6. The summed E-state index contributed by atoms with van der Waals surface area (Å²) in [4.78, 5) is 24.3. The van der Waals surface area contributed by atoms with Crippen molar-refractivity contribution in [3.8, 4) is 0 Å². The Bertz CT molecular complexity index is 535. The highest BCUT2D eigenvalue weighted by Crippen LogP contribution is 2.23. The number of nitrogens with zero attached hydrogens (tertiary/aromatic N) is 2. The molecule has 0 saturated carbocycles. The molecule has 108 valence electrons. The van der Waals surface area contributed by atoms with Gasteiger partial charge in [0, 0.05) is 12.6 Å². The van der Waals surface area contributed by atoms with Crippen molar-refractivity contribution < 1.29 is 18.8 Å². The highest BCUT2D eigenvalue weighted by atomic mass is 19.1. The van der Waals surface area contributed by atoms with Gasteiger partial charge >= 0.3 is 0 Å². The topological polar surface area (TPSA) is 72.7 Å². The lowest BCUT2D eigenvalue weighted by Crippen LogP contribution is -2.48. The van der Waals surface area contributed by atoms with Crippen LogP contribution in [0, 0.1) is 15.9 Å². The number of carbonyl (C=O) groups is 1. The van der Waals surface area contributed by atoms with Crippen molar-refractivity contribution in [2.45, 2.75) is 19.4 Å². The van der Waals surface area contributed by atoms with Crippen molar-refractivity contribution >= 4 is 11.6 Å². The zero-order valence-corrected chi connectivity index (χ0v) is 11.0. The van der Waals surface area contributed by atoms with E-state index in [1.165, 1.54) is 4.90 Å². The van der Waals surface area contributed by atoms with E-state index >= 15 is 0 Å². The Morgan fingerprint density at radius 1 is 1.60 bits per heavy atom. The standard InChI is InChI=1S/C13H15FN2O4/c1-2-10-8-20-6-5-15(10)13(17)11-7-9(14)3-4-12(11)16(18)19/h3-4,7,10H,2,5-6,8H2,1H3. The first-order valence-electron chi connectivity index (χ1n) is 6.37. The Morgan fingerprint density at radius 3 is 3.00 bits per heavy atom. The number of rotatable bonds is 3. The number of ether oxygens (including phenoxy) is 1. The highest BCUT2D eigenvalue weighted by molar-refractivity contribution is 5.98. The van der Waals surface area contributed by atoms with Crippen molar-refractivity contribution in [1.29, 1.82) is 0 Å². The van der Waals surface area contributed by atoms with Gasteiger partial charge in [-0.3, -0.25) is 14.9 Å². The third kappa shape index (κ3) is 2.77. The number of nitro groups is 1. The predicted molar refractivity (Wildman–Crippen MR) is 69.0 cm³/mol. The van der Waals surface area contributed by atoms with Crippen molar-refractivity contribution in [2.24, 2.45) is 0 Å². The van der Waals surface area contributed by atoms with Gasteiger partial charge in [-0.2, -0.15) is 0 Å². The van der Waals surface area contributed by atoms with Crippen LogP contribution in [0.4, 0.5) is 10.1 Å². The van der Waals surface area contributed by atoms with Crippen LogP contribution in [0.15, 0.2) is 18.2 Å². The summed E-state index contributed by atoms with van der Waals surface area (Å²) in [6.07, 6.45) is 0.675. The summed E-state index contributed by atoms with van der Waals surface area (Å²) in [6.45, 7) is 3.03. The molecule has 1 fully saturated rings. The third-order valence-electron chi connectivity index (χ3n) is 3.35. The minimum Gasteiger partial charge on any atom is -0.377 e. The molecule has 7 heteroatoms. The fourth-order valence-corrected chi connectivity index (χ4v) is 2.25. The van der Waals surface area contributed by atoms with Crippen molar-refractivity contribution in [2.75, 3.05) is 19.8 Å². The first kappa shape index (κ1) is 14.4. The molecule has 1 aliphatic rings. The molecule has 0 bridgehead atoms. The van der Waals surface area contributed by atoms with Gasteiger partial charge in [0.1, 0.15) is 11.4 Å². The normalized spacial score (nSPS) is 18.9. The molecule has 1 atom stereocenters. The van der Waals surface area contributed by atoms with E-state index in [-0.39, 0.29) is 17.3 Å². The zero-order valence-electron chi connectivity index (χ0n) is 11.0. The highest BCUT2D eigenvalue weighted by Gasteiger charge is 2.31. The lowest BCUT2D eigenvalue weighted by molar-refractivity contribution is -0.385. The molecule has 20 heavy (non-hydrogen) atoms. The molecule has 0 aromatic heterocycles. The maximum absolute atomic E-state index is 13.3. The minimum absolute atomic E-state index is 0.140. The van der Waals surface area contributed by atoms with E-state index in [2.05, 4.69) is 0 Å². The number of morpholine rings is 1. The van der Waals surface area contributed by atoms with Crippen LogP contribution in [0.3, 0.4) is 0 Å². The Labute approximate surface area is 115 Å². The predicted octanol–water partition coefficient (Wildman–Crippen LogP) is 1.98. The molecule has 0 spiro atoms. The van der Waals surface area contributed by atoms with E-state index in [4.69, 9.17) is 4.74 Å². The van der Waals surface area contributed by atoms with Crippen LogP contribution in [-0.4, -0.2) is 41.5 Å². The molecule has 1 amide bonds. The number of halogens is 1. The van der Waals surface area contributed by atoms with Crippen LogP contribution in [0.1, 0.15) is 23.7 Å². The van der Waals surface area contributed by atoms with E-state index in [9.17, 15) is 19.3 Å². The van der Waals surface area contributed by atoms with Crippen LogP contribution >= 0.6 is 0 Å². The quantitative estimate of drug-likeness (QED) is 0.627. The molecule has 1 aromatic rings. The van der Waals surface area contributed by atoms with Crippen LogP contribution < -0.4 is 0 Å². The number of hydrogen-bond acceptors (Lipinski definition) is 4. The van der Waals surface area contributed by atoms with E-state index < -0.39 is 16.6 Å². The van der Waals surface area contributed by atoms with Gasteiger partial charge in [-0.25, -0.2) is 4.39 Å². The Balaban J connectivity index is 2.36. The number of nitro benzene ring substituents is 1. The van der Waals surface area contributed by atoms with Gasteiger partial charge < -0.3 is 9.64 Å². The summed E-state index contributed by atoms with van der Waals surface area (Å²) in [7, 11) is 0.